The molecule has 1 aromatic carbocycles. The number of halogens is 1. The minimum absolute atomic E-state index is 0.0216. The molecule has 30 heavy (non-hydrogen) atoms. The second kappa shape index (κ2) is 8.52. The highest BCUT2D eigenvalue weighted by molar-refractivity contribution is 7.91. The van der Waals surface area contributed by atoms with Crippen molar-refractivity contribution in [1.82, 2.24) is 0 Å². The number of rotatable bonds is 7. The summed E-state index contributed by atoms with van der Waals surface area (Å²) in [6, 6.07) is 4.76. The fraction of sp³-hybridized carbons (Fsp3) is 0.714. The molecule has 0 amide bonds. The van der Waals surface area contributed by atoms with Gasteiger partial charge < -0.3 is 13.7 Å². The summed E-state index contributed by atoms with van der Waals surface area (Å²) in [7, 11) is -5.96. The summed E-state index contributed by atoms with van der Waals surface area (Å²) in [5.41, 5.74) is -0.346. The third kappa shape index (κ3) is 5.51. The van der Waals surface area contributed by atoms with E-state index in [2.05, 4.69) is 33.9 Å². The average molecular weight is 475 g/mol. The van der Waals surface area contributed by atoms with Crippen molar-refractivity contribution in [3.05, 3.63) is 23.2 Å². The van der Waals surface area contributed by atoms with Gasteiger partial charge in [0.1, 0.15) is 0 Å². The van der Waals surface area contributed by atoms with E-state index < -0.39 is 36.5 Å². The molecule has 1 heterocycles. The SMILES string of the molecule is CC1(C)OB(c2ccc(S(=O)(=O)CCCO[Si](C)(C)C(C)(C)C)cc2Cl)OC1(C)C. The van der Waals surface area contributed by atoms with Crippen molar-refractivity contribution >= 4 is 42.3 Å². The summed E-state index contributed by atoms with van der Waals surface area (Å²) in [5, 5.41) is 0.426. The molecule has 1 aliphatic rings. The second-order valence-electron chi connectivity index (χ2n) is 10.6. The van der Waals surface area contributed by atoms with Crippen LogP contribution in [0, 0.1) is 0 Å². The van der Waals surface area contributed by atoms with Crippen LogP contribution >= 0.6 is 11.6 Å². The van der Waals surface area contributed by atoms with Crippen LogP contribution in [0.25, 0.3) is 0 Å². The van der Waals surface area contributed by atoms with Crippen LogP contribution in [0.3, 0.4) is 0 Å². The fourth-order valence-corrected chi connectivity index (χ4v) is 5.50. The van der Waals surface area contributed by atoms with E-state index in [1.54, 1.807) is 12.1 Å². The van der Waals surface area contributed by atoms with Gasteiger partial charge >= 0.3 is 7.12 Å². The molecule has 0 N–H and O–H groups in total. The number of hydrogen-bond donors (Lipinski definition) is 0. The normalized spacial score (nSPS) is 19.3. The molecule has 0 aromatic heterocycles. The van der Waals surface area contributed by atoms with E-state index in [4.69, 9.17) is 25.3 Å². The summed E-state index contributed by atoms with van der Waals surface area (Å²) < 4.78 is 43.7. The van der Waals surface area contributed by atoms with Gasteiger partial charge in [-0.15, -0.1) is 0 Å². The van der Waals surface area contributed by atoms with Crippen molar-refractivity contribution in [3.63, 3.8) is 0 Å². The van der Waals surface area contributed by atoms with Crippen molar-refractivity contribution in [3.8, 4) is 0 Å². The number of benzene rings is 1. The van der Waals surface area contributed by atoms with E-state index in [1.165, 1.54) is 6.07 Å². The highest BCUT2D eigenvalue weighted by Crippen LogP contribution is 2.38. The van der Waals surface area contributed by atoms with Crippen LogP contribution in [0.2, 0.25) is 23.2 Å². The molecule has 0 radical (unpaired) electrons. The van der Waals surface area contributed by atoms with E-state index in [0.717, 1.165) is 0 Å². The Bertz CT molecular complexity index is 862. The molecule has 1 saturated heterocycles. The topological polar surface area (TPSA) is 61.8 Å². The minimum atomic E-state index is -3.45. The Kier molecular flexibility index (Phi) is 7.35. The van der Waals surface area contributed by atoms with Crippen LogP contribution in [-0.4, -0.2) is 47.4 Å². The van der Waals surface area contributed by atoms with E-state index >= 15 is 0 Å². The zero-order chi connectivity index (χ0) is 23.2. The van der Waals surface area contributed by atoms with Gasteiger partial charge in [-0.25, -0.2) is 8.42 Å². The summed E-state index contributed by atoms with van der Waals surface area (Å²) >= 11 is 6.43. The Hall–Kier alpha value is -0.378. The number of hydrogen-bond acceptors (Lipinski definition) is 5. The molecule has 9 heteroatoms. The first-order valence-electron chi connectivity index (χ1n) is 10.4. The van der Waals surface area contributed by atoms with Crippen molar-refractivity contribution in [2.45, 2.75) is 89.1 Å². The molecule has 5 nitrogen and oxygen atoms in total. The molecule has 0 saturated carbocycles. The maximum atomic E-state index is 12.8. The highest BCUT2D eigenvalue weighted by atomic mass is 35.5. The largest absolute Gasteiger partial charge is 0.496 e. The van der Waals surface area contributed by atoms with E-state index in [0.29, 0.717) is 23.5 Å². The zero-order valence-corrected chi connectivity index (χ0v) is 22.3. The number of sulfone groups is 1. The second-order valence-corrected chi connectivity index (χ2v) is 17.9. The Morgan fingerprint density at radius 2 is 1.63 bits per heavy atom. The lowest BCUT2D eigenvalue weighted by atomic mass is 9.79. The first-order valence-corrected chi connectivity index (χ1v) is 15.4. The van der Waals surface area contributed by atoms with Gasteiger partial charge in [-0.1, -0.05) is 38.4 Å². The van der Waals surface area contributed by atoms with Gasteiger partial charge in [0, 0.05) is 17.1 Å². The molecule has 1 fully saturated rings. The molecular weight excluding hydrogens is 439 g/mol. The lowest BCUT2D eigenvalue weighted by Crippen LogP contribution is -2.41. The van der Waals surface area contributed by atoms with Crippen LogP contribution in [0.4, 0.5) is 0 Å². The summed E-state index contributed by atoms with van der Waals surface area (Å²) in [6.45, 7) is 19.1. The van der Waals surface area contributed by atoms with Crippen LogP contribution in [0.15, 0.2) is 23.1 Å². The van der Waals surface area contributed by atoms with Gasteiger partial charge in [0.25, 0.3) is 0 Å². The van der Waals surface area contributed by atoms with E-state index in [1.807, 2.05) is 27.7 Å². The van der Waals surface area contributed by atoms with Crippen LogP contribution in [0.5, 0.6) is 0 Å². The molecule has 0 bridgehead atoms. The molecule has 0 atom stereocenters. The predicted molar refractivity (Wildman–Crippen MR) is 127 cm³/mol. The monoisotopic (exact) mass is 474 g/mol. The average Bonchev–Trinajstić information content (AvgIpc) is 2.78. The molecule has 1 aromatic rings. The van der Waals surface area contributed by atoms with Crippen molar-refractivity contribution in [1.29, 1.82) is 0 Å². The quantitative estimate of drug-likeness (QED) is 0.418. The Balaban J connectivity index is 2.05. The van der Waals surface area contributed by atoms with Crippen LogP contribution < -0.4 is 5.46 Å². The van der Waals surface area contributed by atoms with Gasteiger partial charge in [-0.05, 0) is 64.4 Å². The third-order valence-electron chi connectivity index (χ3n) is 6.66. The molecule has 0 aliphatic carbocycles. The molecule has 0 spiro atoms. The maximum Gasteiger partial charge on any atom is 0.496 e. The Morgan fingerprint density at radius 3 is 2.10 bits per heavy atom. The molecular formula is C21H36BClO5SSi. The maximum absolute atomic E-state index is 12.8. The summed E-state index contributed by atoms with van der Waals surface area (Å²) in [5.74, 6) is 0.0216. The fourth-order valence-electron chi connectivity index (χ4n) is 2.77. The van der Waals surface area contributed by atoms with E-state index in [-0.39, 0.29) is 15.7 Å². The van der Waals surface area contributed by atoms with Crippen molar-refractivity contribution in [2.75, 3.05) is 12.4 Å². The third-order valence-corrected chi connectivity index (χ3v) is 13.3. The lowest BCUT2D eigenvalue weighted by molar-refractivity contribution is 0.00578. The summed E-state index contributed by atoms with van der Waals surface area (Å²) in [4.78, 5) is 0.208. The van der Waals surface area contributed by atoms with Gasteiger partial charge in [-0.3, -0.25) is 0 Å². The molecule has 0 unspecified atom stereocenters. The zero-order valence-electron chi connectivity index (χ0n) is 19.8. The summed E-state index contributed by atoms with van der Waals surface area (Å²) in [6.07, 6.45) is 0.450. The van der Waals surface area contributed by atoms with Gasteiger partial charge in [0.05, 0.1) is 21.9 Å². The molecule has 2 rings (SSSR count). The van der Waals surface area contributed by atoms with Gasteiger partial charge in [0.2, 0.25) is 0 Å². The van der Waals surface area contributed by atoms with Crippen molar-refractivity contribution < 1.29 is 22.2 Å². The van der Waals surface area contributed by atoms with Crippen LogP contribution in [-0.2, 0) is 23.6 Å². The first-order chi connectivity index (χ1) is 13.4. The van der Waals surface area contributed by atoms with Crippen LogP contribution in [0.1, 0.15) is 54.9 Å². The molecule has 170 valence electrons. The Labute approximate surface area is 189 Å². The predicted octanol–water partition coefficient (Wildman–Crippen LogP) is 4.82. The lowest BCUT2D eigenvalue weighted by Gasteiger charge is -2.36. The minimum Gasteiger partial charge on any atom is -0.417 e. The van der Waals surface area contributed by atoms with Gasteiger partial charge in [-0.2, -0.15) is 0 Å². The highest BCUT2D eigenvalue weighted by Gasteiger charge is 2.52. The smallest absolute Gasteiger partial charge is 0.417 e. The van der Waals surface area contributed by atoms with Gasteiger partial charge in [0.15, 0.2) is 18.2 Å². The Morgan fingerprint density at radius 1 is 1.10 bits per heavy atom. The molecule has 1 aliphatic heterocycles. The van der Waals surface area contributed by atoms with E-state index in [9.17, 15) is 8.42 Å². The first kappa shape index (κ1) is 25.9. The van der Waals surface area contributed by atoms with Crippen molar-refractivity contribution in [2.24, 2.45) is 0 Å². The standard InChI is InChI=1S/C21H36BClO5SSi/c1-19(2,3)30(8,9)26-13-10-14-29(24,25)16-11-12-17(18(23)15-16)22-27-20(4,5)21(6,7)28-22/h11-12,15H,10,13-14H2,1-9H3.